The van der Waals surface area contributed by atoms with Crippen molar-refractivity contribution in [3.63, 3.8) is 0 Å². The van der Waals surface area contributed by atoms with Gasteiger partial charge in [-0.3, -0.25) is 0 Å². The quantitative estimate of drug-likeness (QED) is 0.743. The minimum Gasteiger partial charge on any atom is -0.318 e. The summed E-state index contributed by atoms with van der Waals surface area (Å²) in [5, 5.41) is 0.420. The predicted octanol–water partition coefficient (Wildman–Crippen LogP) is 2.52. The van der Waals surface area contributed by atoms with Gasteiger partial charge in [0.05, 0.1) is 0 Å². The first kappa shape index (κ1) is 12.3. The van der Waals surface area contributed by atoms with E-state index in [4.69, 9.17) is 0 Å². The average molecular weight is 306 g/mol. The van der Waals surface area contributed by atoms with Crippen LogP contribution in [-0.4, -0.2) is 37.4 Å². The lowest BCUT2D eigenvalue weighted by Crippen LogP contribution is -2.34. The number of halogens is 2. The number of benzene rings is 1. The van der Waals surface area contributed by atoms with Gasteiger partial charge in [-0.15, -0.1) is 0 Å². The third kappa shape index (κ3) is 2.39. The normalized spacial score (nSPS) is 20.9. The Morgan fingerprint density at radius 3 is 2.56 bits per heavy atom. The second kappa shape index (κ2) is 4.59. The zero-order chi connectivity index (χ0) is 11.8. The van der Waals surface area contributed by atoms with Crippen LogP contribution in [0.15, 0.2) is 22.7 Å². The molecule has 1 fully saturated rings. The van der Waals surface area contributed by atoms with E-state index >= 15 is 0 Å². The van der Waals surface area contributed by atoms with Crippen LogP contribution < -0.4 is 5.30 Å². The second-order valence-corrected chi connectivity index (χ2v) is 8.31. The van der Waals surface area contributed by atoms with Gasteiger partial charge in [0.1, 0.15) is 13.0 Å². The molecule has 1 aromatic carbocycles. The molecule has 2 rings (SSSR count). The molecule has 88 valence electrons. The lowest BCUT2D eigenvalue weighted by molar-refractivity contribution is 0.361. The van der Waals surface area contributed by atoms with E-state index < -0.39 is 7.14 Å². The Hall–Kier alpha value is -0.180. The maximum absolute atomic E-state index is 13.8. The summed E-state index contributed by atoms with van der Waals surface area (Å²) in [7, 11) is -0.497. The van der Waals surface area contributed by atoms with Gasteiger partial charge in [-0.2, -0.15) is 0 Å². The van der Waals surface area contributed by atoms with Crippen LogP contribution in [0.5, 0.6) is 0 Å². The first-order valence-corrected chi connectivity index (χ1v) is 8.10. The van der Waals surface area contributed by atoms with Gasteiger partial charge in [0.2, 0.25) is 0 Å². The van der Waals surface area contributed by atoms with Crippen LogP contribution in [0.25, 0.3) is 0 Å². The molecule has 1 saturated heterocycles. The number of hydrogen-bond donors (Lipinski definition) is 0. The Balaban J connectivity index is 2.33. The zero-order valence-corrected chi connectivity index (χ0v) is 11.6. The van der Waals surface area contributed by atoms with Gasteiger partial charge >= 0.3 is 0 Å². The summed E-state index contributed by atoms with van der Waals surface area (Å²) in [6, 6.07) is 4.81. The van der Waals surface area contributed by atoms with Crippen LogP contribution >= 0.6 is 23.1 Å². The smallest absolute Gasteiger partial charge is 0.135 e. The van der Waals surface area contributed by atoms with E-state index in [0.29, 0.717) is 22.1 Å². The Kier molecular flexibility index (Phi) is 3.53. The SMILES string of the molecule is CN1CCP(=O)(c2ccc(Br)cc2F)CC1. The highest BCUT2D eigenvalue weighted by molar-refractivity contribution is 9.10. The average Bonchev–Trinajstić information content (AvgIpc) is 2.22. The van der Waals surface area contributed by atoms with Gasteiger partial charge < -0.3 is 9.46 Å². The molecule has 0 aliphatic carbocycles. The summed E-state index contributed by atoms with van der Waals surface area (Å²) in [6.07, 6.45) is 1.17. The highest BCUT2D eigenvalue weighted by Crippen LogP contribution is 2.46. The first-order valence-electron chi connectivity index (χ1n) is 5.23. The van der Waals surface area contributed by atoms with Crippen molar-refractivity contribution in [2.45, 2.75) is 0 Å². The second-order valence-electron chi connectivity index (χ2n) is 4.24. The summed E-state index contributed by atoms with van der Waals surface area (Å²) >= 11 is 3.21. The Bertz CT molecular complexity index is 440. The van der Waals surface area contributed by atoms with Gasteiger partial charge in [-0.25, -0.2) is 4.39 Å². The Morgan fingerprint density at radius 1 is 1.38 bits per heavy atom. The van der Waals surface area contributed by atoms with Gasteiger partial charge in [-0.1, -0.05) is 15.9 Å². The van der Waals surface area contributed by atoms with Crippen molar-refractivity contribution < 1.29 is 8.96 Å². The lowest BCUT2D eigenvalue weighted by Gasteiger charge is -2.29. The minimum absolute atomic E-state index is 0.345. The Labute approximate surface area is 103 Å². The molecule has 0 atom stereocenters. The van der Waals surface area contributed by atoms with E-state index in [1.165, 1.54) is 6.07 Å². The molecule has 5 heteroatoms. The fourth-order valence-corrected chi connectivity index (χ4v) is 5.11. The van der Waals surface area contributed by atoms with E-state index in [1.54, 1.807) is 12.1 Å². The van der Waals surface area contributed by atoms with E-state index in [1.807, 2.05) is 7.05 Å². The van der Waals surface area contributed by atoms with Gasteiger partial charge in [0, 0.05) is 35.2 Å². The van der Waals surface area contributed by atoms with E-state index in [2.05, 4.69) is 20.8 Å². The number of nitrogens with zero attached hydrogens (tertiary/aromatic N) is 1. The predicted molar refractivity (Wildman–Crippen MR) is 68.6 cm³/mol. The molecule has 0 N–H and O–H groups in total. The first-order chi connectivity index (χ1) is 7.51. The van der Waals surface area contributed by atoms with Crippen LogP contribution in [0.2, 0.25) is 0 Å². The standard InChI is InChI=1S/C11H14BrFNOP/c1-14-4-6-16(15,7-5-14)11-3-2-9(12)8-10(11)13/h2-3,8H,4-7H2,1H3. The molecule has 2 nitrogen and oxygen atoms in total. The highest BCUT2D eigenvalue weighted by atomic mass is 79.9. The molecule has 0 bridgehead atoms. The Morgan fingerprint density at radius 2 is 2.00 bits per heavy atom. The molecule has 1 aliphatic rings. The van der Waals surface area contributed by atoms with Gasteiger partial charge in [0.15, 0.2) is 0 Å². The maximum atomic E-state index is 13.8. The minimum atomic E-state index is -2.50. The summed E-state index contributed by atoms with van der Waals surface area (Å²) in [5.74, 6) is -0.345. The van der Waals surface area contributed by atoms with Crippen molar-refractivity contribution >= 4 is 28.4 Å². The lowest BCUT2D eigenvalue weighted by atomic mass is 10.3. The molecular weight excluding hydrogens is 292 g/mol. The molecule has 0 aromatic heterocycles. The van der Waals surface area contributed by atoms with E-state index in [-0.39, 0.29) is 5.82 Å². The molecule has 0 saturated carbocycles. The molecule has 1 aliphatic heterocycles. The van der Waals surface area contributed by atoms with Crippen molar-refractivity contribution in [3.8, 4) is 0 Å². The van der Waals surface area contributed by atoms with Crippen molar-refractivity contribution in [2.24, 2.45) is 0 Å². The molecule has 0 spiro atoms. The van der Waals surface area contributed by atoms with Crippen LogP contribution in [0.1, 0.15) is 0 Å². The molecule has 0 unspecified atom stereocenters. The summed E-state index contributed by atoms with van der Waals surface area (Å²) in [6.45, 7) is 1.57. The third-order valence-corrected chi connectivity index (χ3v) is 6.61. The van der Waals surface area contributed by atoms with Crippen molar-refractivity contribution in [3.05, 3.63) is 28.5 Å². The van der Waals surface area contributed by atoms with E-state index in [0.717, 1.165) is 13.1 Å². The fourth-order valence-electron chi connectivity index (χ4n) is 1.94. The molecule has 1 heterocycles. The summed E-state index contributed by atoms with van der Waals surface area (Å²) in [5.41, 5.74) is 0. The van der Waals surface area contributed by atoms with Crippen molar-refractivity contribution in [1.82, 2.24) is 4.90 Å². The van der Waals surface area contributed by atoms with Crippen LogP contribution in [-0.2, 0) is 4.57 Å². The highest BCUT2D eigenvalue weighted by Gasteiger charge is 2.31. The summed E-state index contributed by atoms with van der Waals surface area (Å²) in [4.78, 5) is 2.13. The maximum Gasteiger partial charge on any atom is 0.135 e. The van der Waals surface area contributed by atoms with Crippen molar-refractivity contribution in [2.75, 3.05) is 32.5 Å². The monoisotopic (exact) mass is 305 g/mol. The fraction of sp³-hybridized carbons (Fsp3) is 0.455. The molecule has 16 heavy (non-hydrogen) atoms. The van der Waals surface area contributed by atoms with Crippen LogP contribution in [0, 0.1) is 5.82 Å². The number of hydrogen-bond acceptors (Lipinski definition) is 2. The molecule has 0 amide bonds. The zero-order valence-electron chi connectivity index (χ0n) is 9.12. The van der Waals surface area contributed by atoms with E-state index in [9.17, 15) is 8.96 Å². The third-order valence-electron chi connectivity index (χ3n) is 3.03. The van der Waals surface area contributed by atoms with Crippen LogP contribution in [0.3, 0.4) is 0 Å². The molecular formula is C11H14BrFNOP. The van der Waals surface area contributed by atoms with Gasteiger partial charge in [0.25, 0.3) is 0 Å². The van der Waals surface area contributed by atoms with Crippen molar-refractivity contribution in [1.29, 1.82) is 0 Å². The van der Waals surface area contributed by atoms with Gasteiger partial charge in [-0.05, 0) is 25.2 Å². The summed E-state index contributed by atoms with van der Waals surface area (Å²) < 4.78 is 27.1. The number of rotatable bonds is 1. The largest absolute Gasteiger partial charge is 0.318 e. The molecule has 0 radical (unpaired) electrons. The topological polar surface area (TPSA) is 20.3 Å². The molecule has 1 aromatic rings. The van der Waals surface area contributed by atoms with Crippen LogP contribution in [0.4, 0.5) is 4.39 Å².